The third-order valence-corrected chi connectivity index (χ3v) is 4.24. The zero-order valence-corrected chi connectivity index (χ0v) is 14.8. The van der Waals surface area contributed by atoms with E-state index in [4.69, 9.17) is 4.74 Å². The maximum atomic E-state index is 10.4. The minimum atomic E-state index is 0.572. The van der Waals surface area contributed by atoms with Crippen molar-refractivity contribution in [2.24, 2.45) is 0 Å². The highest BCUT2D eigenvalue weighted by Gasteiger charge is 1.96. The van der Waals surface area contributed by atoms with Gasteiger partial charge in [0.15, 0.2) is 0 Å². The van der Waals surface area contributed by atoms with Crippen LogP contribution in [-0.4, -0.2) is 12.9 Å². The van der Waals surface area contributed by atoms with Crippen LogP contribution < -0.4 is 4.74 Å². The lowest BCUT2D eigenvalue weighted by molar-refractivity contribution is 0.304. The van der Waals surface area contributed by atoms with E-state index in [2.05, 4.69) is 6.92 Å². The Morgan fingerprint density at radius 3 is 1.70 bits per heavy atom. The molecule has 0 spiro atoms. The molecule has 2 nitrogen and oxygen atoms in total. The van der Waals surface area contributed by atoms with Crippen LogP contribution in [0.25, 0.3) is 0 Å². The highest BCUT2D eigenvalue weighted by Crippen LogP contribution is 2.14. The molecule has 1 aromatic rings. The van der Waals surface area contributed by atoms with Gasteiger partial charge in [0.2, 0.25) is 6.29 Å². The summed E-state index contributed by atoms with van der Waals surface area (Å²) in [5.74, 6) is 0.840. The molecule has 0 amide bonds. The van der Waals surface area contributed by atoms with Gasteiger partial charge in [-0.2, -0.15) is 0 Å². The summed E-state index contributed by atoms with van der Waals surface area (Å²) in [5, 5.41) is 0. The van der Waals surface area contributed by atoms with E-state index in [-0.39, 0.29) is 0 Å². The van der Waals surface area contributed by atoms with E-state index in [0.717, 1.165) is 18.8 Å². The van der Waals surface area contributed by atoms with Gasteiger partial charge in [-0.3, -0.25) is 4.79 Å². The van der Waals surface area contributed by atoms with E-state index in [1.165, 1.54) is 70.6 Å². The van der Waals surface area contributed by atoms with Crippen LogP contribution in [0.1, 0.15) is 89.5 Å². The Labute approximate surface area is 142 Å². The summed E-state index contributed by atoms with van der Waals surface area (Å²) in [6.45, 7) is 3.04. The molecule has 0 aromatic heterocycles. The molecule has 0 fully saturated rings. The standard InChI is InChI=1S/C21H33O2/c1-2-3-4-5-6-7-8-9-10-11-12-13-18-23-21-16-14-20(19-22)15-17-21/h14-17H,2-13,18H2,1H3. The van der Waals surface area contributed by atoms with Crippen LogP contribution in [0, 0.1) is 0 Å². The van der Waals surface area contributed by atoms with Gasteiger partial charge in [-0.05, 0) is 30.7 Å². The Morgan fingerprint density at radius 1 is 0.739 bits per heavy atom. The molecule has 23 heavy (non-hydrogen) atoms. The Morgan fingerprint density at radius 2 is 1.22 bits per heavy atom. The Bertz CT molecular complexity index is 383. The predicted molar refractivity (Wildman–Crippen MR) is 97.8 cm³/mol. The van der Waals surface area contributed by atoms with Gasteiger partial charge in [-0.15, -0.1) is 0 Å². The van der Waals surface area contributed by atoms with Gasteiger partial charge in [-0.1, -0.05) is 77.6 Å². The lowest BCUT2D eigenvalue weighted by Crippen LogP contribution is -1.97. The van der Waals surface area contributed by atoms with E-state index < -0.39 is 0 Å². The fraction of sp³-hybridized carbons (Fsp3) is 0.667. The maximum absolute atomic E-state index is 10.4. The van der Waals surface area contributed by atoms with Crippen molar-refractivity contribution in [3.05, 3.63) is 29.8 Å². The number of benzene rings is 1. The molecular formula is C21H33O2. The van der Waals surface area contributed by atoms with Crippen molar-refractivity contribution in [2.45, 2.75) is 84.0 Å². The zero-order chi connectivity index (χ0) is 16.6. The largest absolute Gasteiger partial charge is 0.494 e. The lowest BCUT2D eigenvalue weighted by atomic mass is 10.1. The second kappa shape index (κ2) is 14.3. The second-order valence-electron chi connectivity index (χ2n) is 6.36. The van der Waals surface area contributed by atoms with Gasteiger partial charge >= 0.3 is 0 Å². The molecule has 129 valence electrons. The van der Waals surface area contributed by atoms with Crippen LogP contribution in [0.15, 0.2) is 24.3 Å². The number of ether oxygens (including phenoxy) is 1. The van der Waals surface area contributed by atoms with E-state index in [1.807, 2.05) is 18.4 Å². The first-order valence-electron chi connectivity index (χ1n) is 9.48. The Hall–Kier alpha value is -1.31. The molecule has 0 aliphatic rings. The molecule has 0 heterocycles. The molecule has 0 unspecified atom stereocenters. The zero-order valence-electron chi connectivity index (χ0n) is 14.8. The number of hydrogen-bond acceptors (Lipinski definition) is 2. The summed E-state index contributed by atoms with van der Waals surface area (Å²) in [5.41, 5.74) is 0.572. The highest BCUT2D eigenvalue weighted by molar-refractivity contribution is 5.75. The quantitative estimate of drug-likeness (QED) is 0.359. The summed E-state index contributed by atoms with van der Waals surface area (Å²) >= 11 is 0. The van der Waals surface area contributed by atoms with Gasteiger partial charge in [-0.25, -0.2) is 0 Å². The van der Waals surface area contributed by atoms with Crippen molar-refractivity contribution >= 4 is 6.29 Å². The van der Waals surface area contributed by atoms with E-state index >= 15 is 0 Å². The van der Waals surface area contributed by atoms with E-state index in [0.29, 0.717) is 5.56 Å². The van der Waals surface area contributed by atoms with Gasteiger partial charge in [0, 0.05) is 5.56 Å². The lowest BCUT2D eigenvalue weighted by Gasteiger charge is -2.06. The molecule has 0 N–H and O–H groups in total. The van der Waals surface area contributed by atoms with Crippen LogP contribution in [0.4, 0.5) is 0 Å². The van der Waals surface area contributed by atoms with Crippen molar-refractivity contribution in [3.8, 4) is 5.75 Å². The topological polar surface area (TPSA) is 26.3 Å². The molecule has 0 saturated heterocycles. The van der Waals surface area contributed by atoms with Crippen LogP contribution in [0.2, 0.25) is 0 Å². The normalized spacial score (nSPS) is 10.7. The molecule has 0 aliphatic carbocycles. The van der Waals surface area contributed by atoms with Crippen molar-refractivity contribution in [3.63, 3.8) is 0 Å². The minimum absolute atomic E-state index is 0.572. The molecule has 1 radical (unpaired) electrons. The monoisotopic (exact) mass is 317 g/mol. The Kier molecular flexibility index (Phi) is 12.3. The van der Waals surface area contributed by atoms with Crippen LogP contribution in [-0.2, 0) is 4.79 Å². The fourth-order valence-electron chi connectivity index (χ4n) is 2.75. The van der Waals surface area contributed by atoms with E-state index in [1.54, 1.807) is 12.1 Å². The second-order valence-corrected chi connectivity index (χ2v) is 6.36. The fourth-order valence-corrected chi connectivity index (χ4v) is 2.75. The molecule has 0 bridgehead atoms. The molecule has 0 saturated carbocycles. The first kappa shape index (κ1) is 19.7. The maximum Gasteiger partial charge on any atom is 0.233 e. The van der Waals surface area contributed by atoms with Gasteiger partial charge < -0.3 is 4.74 Å². The van der Waals surface area contributed by atoms with Crippen molar-refractivity contribution < 1.29 is 9.53 Å². The smallest absolute Gasteiger partial charge is 0.233 e. The molecular weight excluding hydrogens is 284 g/mol. The van der Waals surface area contributed by atoms with Crippen LogP contribution in [0.5, 0.6) is 5.75 Å². The third-order valence-electron chi connectivity index (χ3n) is 4.24. The number of carbonyl (C=O) groups excluding carboxylic acids is 1. The minimum Gasteiger partial charge on any atom is -0.494 e. The summed E-state index contributed by atoms with van der Waals surface area (Å²) in [6.07, 6.45) is 18.1. The van der Waals surface area contributed by atoms with Crippen molar-refractivity contribution in [2.75, 3.05) is 6.61 Å². The third kappa shape index (κ3) is 11.0. The predicted octanol–water partition coefficient (Wildman–Crippen LogP) is 6.22. The number of hydrogen-bond donors (Lipinski definition) is 0. The van der Waals surface area contributed by atoms with Gasteiger partial charge in [0.1, 0.15) is 5.75 Å². The number of rotatable bonds is 15. The molecule has 1 aromatic carbocycles. The molecule has 0 atom stereocenters. The summed E-state index contributed by atoms with van der Waals surface area (Å²) < 4.78 is 5.67. The summed E-state index contributed by atoms with van der Waals surface area (Å²) in [4.78, 5) is 10.4. The first-order valence-corrected chi connectivity index (χ1v) is 9.48. The van der Waals surface area contributed by atoms with Gasteiger partial charge in [0.05, 0.1) is 6.61 Å². The van der Waals surface area contributed by atoms with Crippen LogP contribution >= 0.6 is 0 Å². The number of unbranched alkanes of at least 4 members (excludes halogenated alkanes) is 11. The first-order chi connectivity index (χ1) is 11.4. The molecule has 1 rings (SSSR count). The summed E-state index contributed by atoms with van der Waals surface area (Å²) in [7, 11) is 0. The molecule has 2 heteroatoms. The van der Waals surface area contributed by atoms with Crippen molar-refractivity contribution in [1.82, 2.24) is 0 Å². The van der Waals surface area contributed by atoms with Crippen molar-refractivity contribution in [1.29, 1.82) is 0 Å². The van der Waals surface area contributed by atoms with E-state index in [9.17, 15) is 4.79 Å². The highest BCUT2D eigenvalue weighted by atomic mass is 16.5. The van der Waals surface area contributed by atoms with Crippen LogP contribution in [0.3, 0.4) is 0 Å². The Balaban J connectivity index is 1.83. The molecule has 0 aliphatic heterocycles. The average Bonchev–Trinajstić information content (AvgIpc) is 2.59. The average molecular weight is 317 g/mol. The summed E-state index contributed by atoms with van der Waals surface area (Å²) in [6, 6.07) is 7.15. The van der Waals surface area contributed by atoms with Gasteiger partial charge in [0.25, 0.3) is 0 Å². The SMILES string of the molecule is CCCCCCCCCCCCCCOc1ccc([C]=O)cc1.